The van der Waals surface area contributed by atoms with Crippen molar-refractivity contribution in [2.75, 3.05) is 18.1 Å². The van der Waals surface area contributed by atoms with E-state index >= 15 is 0 Å². The molecule has 0 aromatic heterocycles. The molecule has 3 atom stereocenters. The molecule has 1 fully saturated rings. The molecule has 5 nitrogen and oxygen atoms in total. The van der Waals surface area contributed by atoms with Crippen LogP contribution >= 0.6 is 11.8 Å². The van der Waals surface area contributed by atoms with Gasteiger partial charge in [-0.05, 0) is 54.9 Å². The number of anilines is 2. The lowest BCUT2D eigenvalue weighted by molar-refractivity contribution is -0.167. The van der Waals surface area contributed by atoms with Crippen molar-refractivity contribution in [2.45, 2.75) is 62.3 Å². The van der Waals surface area contributed by atoms with Gasteiger partial charge in [-0.3, -0.25) is 4.79 Å². The quantitative estimate of drug-likeness (QED) is 0.450. The number of hydrogen-bond donors (Lipinski definition) is 0. The van der Waals surface area contributed by atoms with Gasteiger partial charge in [0.05, 0.1) is 17.8 Å². The van der Waals surface area contributed by atoms with Crippen molar-refractivity contribution in [3.8, 4) is 0 Å². The van der Waals surface area contributed by atoms with Gasteiger partial charge < -0.3 is 14.4 Å². The normalized spacial score (nSPS) is 21.8. The molecule has 1 aliphatic heterocycles. The van der Waals surface area contributed by atoms with E-state index in [0.717, 1.165) is 34.0 Å². The Hall–Kier alpha value is -2.47. The first-order valence-corrected chi connectivity index (χ1v) is 12.7. The molecular weight excluding hydrogens is 434 g/mol. The SMILES string of the molecule is CC1CCC(C(C)C)C(OC(=O)COC(=O)CCN2c3ccccc3Sc3ccccc32)C1. The average Bonchev–Trinajstić information content (AvgIpc) is 2.80. The zero-order valence-electron chi connectivity index (χ0n) is 19.7. The predicted octanol–water partition coefficient (Wildman–Crippen LogP) is 6.23. The summed E-state index contributed by atoms with van der Waals surface area (Å²) >= 11 is 1.73. The van der Waals surface area contributed by atoms with Crippen LogP contribution in [0.1, 0.15) is 46.5 Å². The van der Waals surface area contributed by atoms with Crippen molar-refractivity contribution in [1.82, 2.24) is 0 Å². The molecule has 2 aliphatic rings. The summed E-state index contributed by atoms with van der Waals surface area (Å²) in [5.74, 6) is 0.550. The molecule has 4 rings (SSSR count). The number of carbonyl (C=O) groups excluding carboxylic acids is 2. The minimum Gasteiger partial charge on any atom is -0.460 e. The number of benzene rings is 2. The minimum atomic E-state index is -0.446. The number of carbonyl (C=O) groups is 2. The molecule has 0 radical (unpaired) electrons. The Balaban J connectivity index is 1.31. The van der Waals surface area contributed by atoms with Gasteiger partial charge in [-0.1, -0.05) is 63.2 Å². The second kappa shape index (κ2) is 10.6. The van der Waals surface area contributed by atoms with Crippen molar-refractivity contribution in [3.63, 3.8) is 0 Å². The van der Waals surface area contributed by atoms with Crippen LogP contribution in [0.4, 0.5) is 11.4 Å². The third kappa shape index (κ3) is 5.72. The van der Waals surface area contributed by atoms with Crippen LogP contribution in [-0.2, 0) is 19.1 Å². The lowest BCUT2D eigenvalue weighted by atomic mass is 9.75. The molecule has 1 saturated carbocycles. The van der Waals surface area contributed by atoms with Gasteiger partial charge in [-0.2, -0.15) is 0 Å². The Morgan fingerprint density at radius 1 is 1.00 bits per heavy atom. The van der Waals surface area contributed by atoms with Crippen molar-refractivity contribution in [3.05, 3.63) is 48.5 Å². The summed E-state index contributed by atoms with van der Waals surface area (Å²) in [6, 6.07) is 16.4. The first-order valence-electron chi connectivity index (χ1n) is 11.9. The fraction of sp³-hybridized carbons (Fsp3) is 0.481. The maximum Gasteiger partial charge on any atom is 0.344 e. The van der Waals surface area contributed by atoms with Crippen molar-refractivity contribution >= 4 is 35.1 Å². The van der Waals surface area contributed by atoms with Gasteiger partial charge in [-0.15, -0.1) is 0 Å². The number of fused-ring (bicyclic) bond motifs is 2. The Kier molecular flexibility index (Phi) is 7.63. The number of hydrogen-bond acceptors (Lipinski definition) is 6. The van der Waals surface area contributed by atoms with Crippen LogP contribution in [0.2, 0.25) is 0 Å². The van der Waals surface area contributed by atoms with E-state index in [0.29, 0.717) is 24.3 Å². The fourth-order valence-corrected chi connectivity index (χ4v) is 5.99. The molecule has 2 aromatic carbocycles. The molecule has 176 valence electrons. The monoisotopic (exact) mass is 467 g/mol. The second-order valence-electron chi connectivity index (χ2n) is 9.45. The first kappa shape index (κ1) is 23.7. The van der Waals surface area contributed by atoms with E-state index in [9.17, 15) is 9.59 Å². The summed E-state index contributed by atoms with van der Waals surface area (Å²) in [4.78, 5) is 29.4. The lowest BCUT2D eigenvalue weighted by Gasteiger charge is -2.36. The van der Waals surface area contributed by atoms with E-state index in [4.69, 9.17) is 9.47 Å². The molecule has 1 aliphatic carbocycles. The van der Waals surface area contributed by atoms with Crippen molar-refractivity contribution in [1.29, 1.82) is 0 Å². The summed E-state index contributed by atoms with van der Waals surface area (Å²) < 4.78 is 11.0. The highest BCUT2D eigenvalue weighted by molar-refractivity contribution is 7.99. The number of esters is 2. The third-order valence-corrected chi connectivity index (χ3v) is 7.80. The topological polar surface area (TPSA) is 55.8 Å². The molecular formula is C27H33NO4S. The van der Waals surface area contributed by atoms with Gasteiger partial charge in [0.15, 0.2) is 6.61 Å². The molecule has 0 saturated heterocycles. The van der Waals surface area contributed by atoms with Crippen molar-refractivity contribution < 1.29 is 19.1 Å². The molecule has 33 heavy (non-hydrogen) atoms. The van der Waals surface area contributed by atoms with Crippen LogP contribution in [-0.4, -0.2) is 31.2 Å². The smallest absolute Gasteiger partial charge is 0.344 e. The molecule has 1 heterocycles. The van der Waals surface area contributed by atoms with Crippen LogP contribution in [0.5, 0.6) is 0 Å². The predicted molar refractivity (Wildman–Crippen MR) is 131 cm³/mol. The maximum atomic E-state index is 12.5. The molecule has 0 N–H and O–H groups in total. The summed E-state index contributed by atoms with van der Waals surface area (Å²) in [6.45, 7) is 6.72. The lowest BCUT2D eigenvalue weighted by Crippen LogP contribution is -2.37. The Morgan fingerprint density at radius 2 is 1.64 bits per heavy atom. The van der Waals surface area contributed by atoms with Gasteiger partial charge in [0, 0.05) is 16.3 Å². The number of rotatable bonds is 7. The van der Waals surface area contributed by atoms with Gasteiger partial charge in [-0.25, -0.2) is 4.79 Å². The second-order valence-corrected chi connectivity index (χ2v) is 10.5. The van der Waals surface area contributed by atoms with Gasteiger partial charge in [0.2, 0.25) is 0 Å². The molecule has 0 bridgehead atoms. The van der Waals surface area contributed by atoms with Gasteiger partial charge in [0.25, 0.3) is 0 Å². The van der Waals surface area contributed by atoms with Crippen LogP contribution in [0.15, 0.2) is 58.3 Å². The zero-order valence-corrected chi connectivity index (χ0v) is 20.5. The highest BCUT2D eigenvalue weighted by Gasteiger charge is 2.33. The summed E-state index contributed by atoms with van der Waals surface area (Å²) in [6.07, 6.45) is 3.24. The zero-order chi connectivity index (χ0) is 23.4. The summed E-state index contributed by atoms with van der Waals surface area (Å²) in [5.41, 5.74) is 2.17. The fourth-order valence-electron chi connectivity index (χ4n) is 4.89. The molecule has 2 aromatic rings. The third-order valence-electron chi connectivity index (χ3n) is 6.67. The standard InChI is InChI=1S/C27H33NO4S/c1-18(2)20-13-12-19(3)16-23(20)32-27(30)17-31-26(29)14-15-28-21-8-4-6-10-24(21)33-25-11-7-5-9-22(25)28/h4-11,18-20,23H,12-17H2,1-3H3. The Morgan fingerprint density at radius 3 is 2.27 bits per heavy atom. The number of ether oxygens (including phenoxy) is 2. The summed E-state index contributed by atoms with van der Waals surface area (Å²) in [5, 5.41) is 0. The van der Waals surface area contributed by atoms with E-state index in [1.54, 1.807) is 11.8 Å². The molecule has 0 amide bonds. The Labute approximate surface area is 200 Å². The molecule has 0 spiro atoms. The molecule has 3 unspecified atom stereocenters. The summed E-state index contributed by atoms with van der Waals surface area (Å²) in [7, 11) is 0. The molecule has 6 heteroatoms. The van der Waals surface area contributed by atoms with Crippen molar-refractivity contribution in [2.24, 2.45) is 17.8 Å². The van der Waals surface area contributed by atoms with Gasteiger partial charge >= 0.3 is 11.9 Å². The average molecular weight is 468 g/mol. The van der Waals surface area contributed by atoms with E-state index < -0.39 is 11.9 Å². The van der Waals surface area contributed by atoms with Gasteiger partial charge in [0.1, 0.15) is 6.10 Å². The Bertz CT molecular complexity index is 946. The van der Waals surface area contributed by atoms with Crippen LogP contribution in [0.25, 0.3) is 0 Å². The highest BCUT2D eigenvalue weighted by Crippen LogP contribution is 2.47. The van der Waals surface area contributed by atoms with E-state index in [1.165, 1.54) is 6.42 Å². The van der Waals surface area contributed by atoms with Crippen LogP contribution in [0.3, 0.4) is 0 Å². The van der Waals surface area contributed by atoms with Crippen LogP contribution in [0, 0.1) is 17.8 Å². The highest BCUT2D eigenvalue weighted by atomic mass is 32.2. The minimum absolute atomic E-state index is 0.0844. The first-order chi connectivity index (χ1) is 15.9. The van der Waals surface area contributed by atoms with E-state index in [-0.39, 0.29) is 19.1 Å². The largest absolute Gasteiger partial charge is 0.460 e. The van der Waals surface area contributed by atoms with Crippen LogP contribution < -0.4 is 4.90 Å². The maximum absolute atomic E-state index is 12.5. The number of nitrogens with zero attached hydrogens (tertiary/aromatic N) is 1. The number of para-hydroxylation sites is 2. The van der Waals surface area contributed by atoms with E-state index in [1.807, 2.05) is 24.3 Å². The van der Waals surface area contributed by atoms with E-state index in [2.05, 4.69) is 49.9 Å².